The number of likely N-dealkylation sites (N-methyl/N-ethyl adjacent to an activating group) is 1. The van der Waals surface area contributed by atoms with Gasteiger partial charge in [-0.3, -0.25) is 19.2 Å². The van der Waals surface area contributed by atoms with Gasteiger partial charge in [-0.05, 0) is 18.2 Å². The lowest BCUT2D eigenvalue weighted by molar-refractivity contribution is -0.120. The van der Waals surface area contributed by atoms with Crippen molar-refractivity contribution in [3.8, 4) is 0 Å². The van der Waals surface area contributed by atoms with E-state index in [0.717, 1.165) is 11.8 Å². The fourth-order valence-corrected chi connectivity index (χ4v) is 2.80. The van der Waals surface area contributed by atoms with Gasteiger partial charge in [0.05, 0.1) is 17.9 Å². The van der Waals surface area contributed by atoms with Crippen LogP contribution in [0.5, 0.6) is 0 Å². The van der Waals surface area contributed by atoms with Gasteiger partial charge in [0.25, 0.3) is 5.56 Å². The Kier molecular flexibility index (Phi) is 7.12. The van der Waals surface area contributed by atoms with E-state index in [1.807, 2.05) is 0 Å². The highest BCUT2D eigenvalue weighted by atomic mass is 32.2. The molecule has 0 aliphatic rings. The number of carbonyl (C=O) groups excluding carboxylic acids is 3. The van der Waals surface area contributed by atoms with Crippen LogP contribution in [0.3, 0.4) is 0 Å². The zero-order chi connectivity index (χ0) is 19.8. The number of rotatable bonds is 7. The maximum atomic E-state index is 12.1. The molecule has 4 N–H and O–H groups in total. The number of carbonyl (C=O) groups is 3. The Hall–Kier alpha value is -3.14. The molecule has 0 bridgehead atoms. The van der Waals surface area contributed by atoms with Crippen molar-refractivity contribution in [3.63, 3.8) is 0 Å². The summed E-state index contributed by atoms with van der Waals surface area (Å²) in [5, 5.41) is 8.04. The second-order valence-electron chi connectivity index (χ2n) is 5.49. The fraction of sp³-hybridized carbons (Fsp3) is 0.235. The molecule has 2 aromatic rings. The molecule has 0 radical (unpaired) electrons. The van der Waals surface area contributed by atoms with Crippen molar-refractivity contribution in [1.82, 2.24) is 15.3 Å². The van der Waals surface area contributed by atoms with Crippen LogP contribution in [0.25, 0.3) is 0 Å². The Balaban J connectivity index is 1.96. The van der Waals surface area contributed by atoms with E-state index >= 15 is 0 Å². The topological polar surface area (TPSA) is 133 Å². The van der Waals surface area contributed by atoms with Crippen molar-refractivity contribution in [2.24, 2.45) is 0 Å². The average Bonchev–Trinajstić information content (AvgIpc) is 2.59. The molecule has 1 aromatic heterocycles. The lowest BCUT2D eigenvalue weighted by Crippen LogP contribution is -2.22. The summed E-state index contributed by atoms with van der Waals surface area (Å²) in [6.07, 6.45) is -0.0177. The SMILES string of the molecule is CNC(=O)Cc1cc(=O)[nH]c(SCC(=O)Nc2cccc(NC(C)=O)c2)n1. The van der Waals surface area contributed by atoms with Crippen molar-refractivity contribution in [2.75, 3.05) is 23.4 Å². The fourth-order valence-electron chi connectivity index (χ4n) is 2.10. The molecule has 0 fully saturated rings. The molecule has 9 nitrogen and oxygen atoms in total. The predicted molar refractivity (Wildman–Crippen MR) is 103 cm³/mol. The standard InChI is InChI=1S/C17H19N5O4S/c1-10(23)19-11-4-3-5-12(6-11)20-16(26)9-27-17-21-13(7-14(24)18-2)8-15(25)22-17/h3-6,8H,7,9H2,1-2H3,(H,18,24)(H,19,23)(H,20,26)(H,21,22,25). The maximum Gasteiger partial charge on any atom is 0.251 e. The van der Waals surface area contributed by atoms with Gasteiger partial charge in [0.15, 0.2) is 5.16 Å². The zero-order valence-electron chi connectivity index (χ0n) is 14.8. The van der Waals surface area contributed by atoms with Crippen LogP contribution in [-0.4, -0.2) is 40.5 Å². The number of aromatic nitrogens is 2. The summed E-state index contributed by atoms with van der Waals surface area (Å²) in [6.45, 7) is 1.40. The van der Waals surface area contributed by atoms with E-state index in [2.05, 4.69) is 25.9 Å². The Labute approximate surface area is 159 Å². The first-order valence-electron chi connectivity index (χ1n) is 7.97. The first-order chi connectivity index (χ1) is 12.9. The molecule has 1 aromatic carbocycles. The number of aromatic amines is 1. The third-order valence-electron chi connectivity index (χ3n) is 3.20. The van der Waals surface area contributed by atoms with E-state index in [0.29, 0.717) is 17.1 Å². The molecule has 0 saturated heterocycles. The molecule has 10 heteroatoms. The number of benzene rings is 1. The molecule has 1 heterocycles. The molecule has 0 saturated carbocycles. The molecule has 0 unspecified atom stereocenters. The first-order valence-corrected chi connectivity index (χ1v) is 8.95. The number of nitrogens with one attached hydrogen (secondary N) is 4. The van der Waals surface area contributed by atoms with E-state index in [1.165, 1.54) is 20.0 Å². The van der Waals surface area contributed by atoms with Gasteiger partial charge in [0.2, 0.25) is 17.7 Å². The summed E-state index contributed by atoms with van der Waals surface area (Å²) in [4.78, 5) is 53.0. The molecule has 2 rings (SSSR count). The highest BCUT2D eigenvalue weighted by Gasteiger charge is 2.09. The van der Waals surface area contributed by atoms with Gasteiger partial charge >= 0.3 is 0 Å². The van der Waals surface area contributed by atoms with Gasteiger partial charge in [0, 0.05) is 31.4 Å². The number of amides is 3. The lowest BCUT2D eigenvalue weighted by Gasteiger charge is -2.08. The Bertz CT molecular complexity index is 912. The van der Waals surface area contributed by atoms with Gasteiger partial charge in [0.1, 0.15) is 0 Å². The van der Waals surface area contributed by atoms with Crippen LogP contribution in [0.2, 0.25) is 0 Å². The first kappa shape index (κ1) is 20.2. The van der Waals surface area contributed by atoms with Crippen molar-refractivity contribution < 1.29 is 14.4 Å². The normalized spacial score (nSPS) is 10.1. The Morgan fingerprint density at radius 2 is 1.81 bits per heavy atom. The lowest BCUT2D eigenvalue weighted by atomic mass is 10.2. The number of anilines is 2. The summed E-state index contributed by atoms with van der Waals surface area (Å²) in [7, 11) is 1.50. The molecule has 0 aliphatic heterocycles. The van der Waals surface area contributed by atoms with Gasteiger partial charge < -0.3 is 20.9 Å². The molecule has 142 valence electrons. The molecule has 0 atom stereocenters. The summed E-state index contributed by atoms with van der Waals surface area (Å²) in [6, 6.07) is 7.98. The van der Waals surface area contributed by atoms with Crippen LogP contribution in [0.4, 0.5) is 11.4 Å². The van der Waals surface area contributed by atoms with Gasteiger partial charge in [-0.15, -0.1) is 0 Å². The monoisotopic (exact) mass is 389 g/mol. The van der Waals surface area contributed by atoms with Crippen molar-refractivity contribution >= 4 is 40.9 Å². The number of H-pyrrole nitrogens is 1. The van der Waals surface area contributed by atoms with Gasteiger partial charge in [-0.1, -0.05) is 17.8 Å². The largest absolute Gasteiger partial charge is 0.359 e. The number of nitrogens with zero attached hydrogens (tertiary/aromatic N) is 1. The van der Waals surface area contributed by atoms with Gasteiger partial charge in [-0.25, -0.2) is 4.98 Å². The van der Waals surface area contributed by atoms with E-state index < -0.39 is 5.56 Å². The second kappa shape index (κ2) is 9.53. The number of thioether (sulfide) groups is 1. The third-order valence-corrected chi connectivity index (χ3v) is 4.07. The van der Waals surface area contributed by atoms with Crippen LogP contribution >= 0.6 is 11.8 Å². The minimum atomic E-state index is -0.394. The molecule has 0 spiro atoms. The summed E-state index contributed by atoms with van der Waals surface area (Å²) < 4.78 is 0. The summed E-state index contributed by atoms with van der Waals surface area (Å²) in [5.41, 5.74) is 1.03. The van der Waals surface area contributed by atoms with Crippen molar-refractivity contribution in [3.05, 3.63) is 46.4 Å². The van der Waals surface area contributed by atoms with Crippen LogP contribution in [0.1, 0.15) is 12.6 Å². The second-order valence-corrected chi connectivity index (χ2v) is 6.45. The average molecular weight is 389 g/mol. The third kappa shape index (κ3) is 6.94. The smallest absolute Gasteiger partial charge is 0.251 e. The molecule has 3 amide bonds. The Morgan fingerprint density at radius 3 is 2.48 bits per heavy atom. The van der Waals surface area contributed by atoms with E-state index in [-0.39, 0.29) is 35.1 Å². The molecular weight excluding hydrogens is 370 g/mol. The minimum Gasteiger partial charge on any atom is -0.359 e. The quantitative estimate of drug-likeness (QED) is 0.408. The van der Waals surface area contributed by atoms with Crippen LogP contribution in [0, 0.1) is 0 Å². The molecule has 27 heavy (non-hydrogen) atoms. The van der Waals surface area contributed by atoms with Crippen LogP contribution in [0.15, 0.2) is 40.3 Å². The predicted octanol–water partition coefficient (Wildman–Crippen LogP) is 0.748. The van der Waals surface area contributed by atoms with Crippen molar-refractivity contribution in [1.29, 1.82) is 0 Å². The highest BCUT2D eigenvalue weighted by Crippen LogP contribution is 2.17. The van der Waals surface area contributed by atoms with Gasteiger partial charge in [-0.2, -0.15) is 0 Å². The Morgan fingerprint density at radius 1 is 1.11 bits per heavy atom. The van der Waals surface area contributed by atoms with E-state index in [4.69, 9.17) is 0 Å². The van der Waals surface area contributed by atoms with Crippen LogP contribution < -0.4 is 21.5 Å². The van der Waals surface area contributed by atoms with E-state index in [9.17, 15) is 19.2 Å². The van der Waals surface area contributed by atoms with E-state index in [1.54, 1.807) is 24.3 Å². The van der Waals surface area contributed by atoms with Crippen molar-refractivity contribution in [2.45, 2.75) is 18.5 Å². The summed E-state index contributed by atoms with van der Waals surface area (Å²) in [5.74, 6) is -0.766. The highest BCUT2D eigenvalue weighted by molar-refractivity contribution is 7.99. The van der Waals surface area contributed by atoms with Crippen LogP contribution in [-0.2, 0) is 20.8 Å². The minimum absolute atomic E-state index is 0.0106. The number of hydrogen-bond acceptors (Lipinski definition) is 6. The number of hydrogen-bond donors (Lipinski definition) is 4. The summed E-state index contributed by atoms with van der Waals surface area (Å²) >= 11 is 1.05. The molecule has 0 aliphatic carbocycles. The zero-order valence-corrected chi connectivity index (χ0v) is 15.6. The molecular formula is C17H19N5O4S. The maximum absolute atomic E-state index is 12.1.